The number of hydrogen-bond donors (Lipinski definition) is 1. The van der Waals surface area contributed by atoms with Gasteiger partial charge in [0, 0.05) is 17.9 Å². The first-order chi connectivity index (χ1) is 8.02. The second kappa shape index (κ2) is 3.81. The van der Waals surface area contributed by atoms with E-state index >= 15 is 0 Å². The van der Waals surface area contributed by atoms with Crippen LogP contribution in [0.3, 0.4) is 0 Å². The highest BCUT2D eigenvalue weighted by atomic mass is 35.5. The molecule has 18 heavy (non-hydrogen) atoms. The smallest absolute Gasteiger partial charge is 0.321 e. The molecule has 0 unspecified atom stereocenters. The van der Waals surface area contributed by atoms with Crippen LogP contribution in [0.4, 0.5) is 22.0 Å². The van der Waals surface area contributed by atoms with Crippen molar-refractivity contribution >= 4 is 11.6 Å². The molecule has 0 heterocycles. The van der Waals surface area contributed by atoms with Crippen molar-refractivity contribution in [1.29, 1.82) is 0 Å². The van der Waals surface area contributed by atoms with Crippen LogP contribution in [0.5, 0.6) is 0 Å². The lowest BCUT2D eigenvalue weighted by atomic mass is 9.69. The summed E-state index contributed by atoms with van der Waals surface area (Å²) in [5, 5.41) is -0.167. The van der Waals surface area contributed by atoms with Crippen LogP contribution in [-0.4, -0.2) is 5.92 Å². The molecule has 1 aromatic rings. The molecule has 0 spiro atoms. The third-order valence-electron chi connectivity index (χ3n) is 2.95. The molecule has 2 rings (SSSR count). The Hall–Kier alpha value is -0.880. The van der Waals surface area contributed by atoms with Gasteiger partial charge in [0.15, 0.2) is 0 Å². The maximum Gasteiger partial charge on any atom is 0.416 e. The number of rotatable bonds is 1. The molecule has 1 saturated carbocycles. The van der Waals surface area contributed by atoms with Crippen molar-refractivity contribution < 1.29 is 22.0 Å². The summed E-state index contributed by atoms with van der Waals surface area (Å²) in [5.41, 5.74) is 3.25. The Bertz CT molecular complexity index is 475. The van der Waals surface area contributed by atoms with Crippen molar-refractivity contribution in [3.63, 3.8) is 0 Å². The fourth-order valence-corrected chi connectivity index (χ4v) is 2.35. The van der Waals surface area contributed by atoms with Gasteiger partial charge in [-0.05, 0) is 23.8 Å². The van der Waals surface area contributed by atoms with E-state index in [9.17, 15) is 22.0 Å². The van der Waals surface area contributed by atoms with Gasteiger partial charge in [-0.3, -0.25) is 0 Å². The van der Waals surface area contributed by atoms with Crippen molar-refractivity contribution in [3.05, 3.63) is 34.3 Å². The maximum absolute atomic E-state index is 12.8. The third kappa shape index (κ3) is 2.44. The average Bonchev–Trinajstić information content (AvgIpc) is 2.12. The maximum atomic E-state index is 12.8. The molecule has 1 aliphatic carbocycles. The molecule has 100 valence electrons. The molecule has 1 fully saturated rings. The molecular formula is C11H9ClF5N. The summed E-state index contributed by atoms with van der Waals surface area (Å²) >= 11 is 5.57. The van der Waals surface area contributed by atoms with E-state index in [1.165, 1.54) is 6.07 Å². The number of nitrogens with two attached hydrogens (primary N) is 1. The number of halogens is 6. The second-order valence-electron chi connectivity index (χ2n) is 4.59. The van der Waals surface area contributed by atoms with Gasteiger partial charge in [-0.25, -0.2) is 8.78 Å². The molecule has 1 aliphatic rings. The first-order valence-electron chi connectivity index (χ1n) is 5.07. The van der Waals surface area contributed by atoms with E-state index < -0.39 is 36.0 Å². The SMILES string of the molecule is NC1(c2cc(Cl)cc(C(F)(F)F)c2)CC(F)(F)C1. The highest BCUT2D eigenvalue weighted by Crippen LogP contribution is 2.50. The molecule has 0 saturated heterocycles. The van der Waals surface area contributed by atoms with Crippen LogP contribution in [0.1, 0.15) is 24.0 Å². The summed E-state index contributed by atoms with van der Waals surface area (Å²) in [7, 11) is 0. The number of alkyl halides is 5. The van der Waals surface area contributed by atoms with Crippen molar-refractivity contribution in [2.24, 2.45) is 5.73 Å². The highest BCUT2D eigenvalue weighted by molar-refractivity contribution is 6.30. The van der Waals surface area contributed by atoms with Gasteiger partial charge in [0.25, 0.3) is 5.92 Å². The standard InChI is InChI=1S/C11H9ClF5N/c12-8-2-6(1-7(3-8)11(15,16)17)9(18)4-10(13,14)5-9/h1-3H,4-5,18H2. The van der Waals surface area contributed by atoms with Gasteiger partial charge >= 0.3 is 6.18 Å². The highest BCUT2D eigenvalue weighted by Gasteiger charge is 2.55. The molecule has 0 bridgehead atoms. The Morgan fingerprint density at radius 3 is 2.11 bits per heavy atom. The largest absolute Gasteiger partial charge is 0.416 e. The van der Waals surface area contributed by atoms with Crippen LogP contribution in [0.15, 0.2) is 18.2 Å². The van der Waals surface area contributed by atoms with Gasteiger partial charge in [-0.15, -0.1) is 0 Å². The molecule has 0 amide bonds. The zero-order valence-electron chi connectivity index (χ0n) is 8.99. The zero-order valence-corrected chi connectivity index (χ0v) is 9.75. The van der Waals surface area contributed by atoms with E-state index in [0.717, 1.165) is 12.1 Å². The van der Waals surface area contributed by atoms with Gasteiger partial charge in [-0.1, -0.05) is 11.6 Å². The van der Waals surface area contributed by atoms with Crippen LogP contribution in [0.25, 0.3) is 0 Å². The molecule has 0 radical (unpaired) electrons. The van der Waals surface area contributed by atoms with Gasteiger partial charge in [0.2, 0.25) is 0 Å². The molecule has 0 aliphatic heterocycles. The predicted octanol–water partition coefficient (Wildman–Crippen LogP) is 3.94. The van der Waals surface area contributed by atoms with Crippen LogP contribution in [0, 0.1) is 0 Å². The van der Waals surface area contributed by atoms with Crippen LogP contribution < -0.4 is 5.73 Å². The Morgan fingerprint density at radius 2 is 1.67 bits per heavy atom. The minimum absolute atomic E-state index is 0.00625. The van der Waals surface area contributed by atoms with Crippen LogP contribution >= 0.6 is 11.6 Å². The molecule has 0 aromatic heterocycles. The van der Waals surface area contributed by atoms with Crippen molar-refractivity contribution in [2.75, 3.05) is 0 Å². The minimum atomic E-state index is -4.58. The molecule has 0 atom stereocenters. The summed E-state index contributed by atoms with van der Waals surface area (Å²) < 4.78 is 63.3. The van der Waals surface area contributed by atoms with E-state index in [2.05, 4.69) is 0 Å². The lowest BCUT2D eigenvalue weighted by molar-refractivity contribution is -0.138. The summed E-state index contributed by atoms with van der Waals surface area (Å²) in [6, 6.07) is 2.72. The molecule has 1 aromatic carbocycles. The molecule has 7 heteroatoms. The summed E-state index contributed by atoms with van der Waals surface area (Å²) in [4.78, 5) is 0. The van der Waals surface area contributed by atoms with Gasteiger partial charge in [-0.2, -0.15) is 13.2 Å². The summed E-state index contributed by atoms with van der Waals surface area (Å²) in [6.07, 6.45) is -5.92. The monoisotopic (exact) mass is 285 g/mol. The molecular weight excluding hydrogens is 277 g/mol. The zero-order chi connectivity index (χ0) is 13.8. The van der Waals surface area contributed by atoms with Crippen molar-refractivity contribution in [2.45, 2.75) is 30.5 Å². The number of benzene rings is 1. The van der Waals surface area contributed by atoms with Crippen molar-refractivity contribution in [3.8, 4) is 0 Å². The fourth-order valence-electron chi connectivity index (χ4n) is 2.12. The van der Waals surface area contributed by atoms with Gasteiger partial charge < -0.3 is 5.73 Å². The Labute approximate surface area is 105 Å². The van der Waals surface area contributed by atoms with E-state index in [1.54, 1.807) is 0 Å². The Kier molecular flexibility index (Phi) is 2.86. The van der Waals surface area contributed by atoms with E-state index in [-0.39, 0.29) is 10.6 Å². The minimum Gasteiger partial charge on any atom is -0.321 e. The lowest BCUT2D eigenvalue weighted by Gasteiger charge is -2.45. The van der Waals surface area contributed by atoms with Crippen molar-refractivity contribution in [1.82, 2.24) is 0 Å². The number of hydrogen-bond acceptors (Lipinski definition) is 1. The molecule has 2 N–H and O–H groups in total. The quantitative estimate of drug-likeness (QED) is 0.777. The van der Waals surface area contributed by atoms with E-state index in [0.29, 0.717) is 0 Å². The van der Waals surface area contributed by atoms with E-state index in [4.69, 9.17) is 17.3 Å². The first-order valence-corrected chi connectivity index (χ1v) is 5.45. The predicted molar refractivity (Wildman–Crippen MR) is 56.5 cm³/mol. The lowest BCUT2D eigenvalue weighted by Crippen LogP contribution is -2.55. The normalized spacial score (nSPS) is 21.5. The van der Waals surface area contributed by atoms with Gasteiger partial charge in [0.1, 0.15) is 0 Å². The third-order valence-corrected chi connectivity index (χ3v) is 3.17. The van der Waals surface area contributed by atoms with Crippen LogP contribution in [-0.2, 0) is 11.7 Å². The van der Waals surface area contributed by atoms with Gasteiger partial charge in [0.05, 0.1) is 11.1 Å². The fraction of sp³-hybridized carbons (Fsp3) is 0.455. The average molecular weight is 286 g/mol. The molecule has 1 nitrogen and oxygen atoms in total. The Balaban J connectivity index is 2.39. The van der Waals surface area contributed by atoms with E-state index in [1.807, 2.05) is 0 Å². The van der Waals surface area contributed by atoms with Crippen LogP contribution in [0.2, 0.25) is 5.02 Å². The summed E-state index contributed by atoms with van der Waals surface area (Å²) in [5.74, 6) is -2.92. The summed E-state index contributed by atoms with van der Waals surface area (Å²) in [6.45, 7) is 0. The topological polar surface area (TPSA) is 26.0 Å². The Morgan fingerprint density at radius 1 is 1.11 bits per heavy atom. The first kappa shape index (κ1) is 13.5. The second-order valence-corrected chi connectivity index (χ2v) is 5.03.